The van der Waals surface area contributed by atoms with Crippen molar-refractivity contribution in [1.82, 2.24) is 20.2 Å². The third-order valence-corrected chi connectivity index (χ3v) is 2.08. The molecule has 1 aromatic rings. The van der Waals surface area contributed by atoms with Gasteiger partial charge in [0.15, 0.2) is 0 Å². The minimum atomic E-state index is -0.927. The van der Waals surface area contributed by atoms with Gasteiger partial charge >= 0.3 is 5.97 Å². The highest BCUT2D eigenvalue weighted by Gasteiger charge is 2.07. The molecule has 1 heterocycles. The molecule has 1 aromatic heterocycles. The third kappa shape index (κ3) is 2.99. The van der Waals surface area contributed by atoms with Crippen molar-refractivity contribution >= 4 is 17.7 Å². The molecule has 1 rings (SSSR count). The number of aromatic nitrogens is 4. The fourth-order valence-corrected chi connectivity index (χ4v) is 1.28. The van der Waals surface area contributed by atoms with Crippen molar-refractivity contribution in [1.29, 1.82) is 0 Å². The maximum atomic E-state index is 10.2. The highest BCUT2D eigenvalue weighted by molar-refractivity contribution is 7.99. The monoisotopic (exact) mass is 204 g/mol. The normalized spacial score (nSPS) is 10.2. The molecular weight excluding hydrogens is 196 g/mol. The Hall–Kier alpha value is -1.15. The fraction of sp³-hybridized carbons (Fsp3) is 0.600. The zero-order chi connectivity index (χ0) is 9.68. The van der Waals surface area contributed by atoms with E-state index >= 15 is 0 Å². The van der Waals surface area contributed by atoms with Crippen LogP contribution in [-0.4, -0.2) is 48.7 Å². The second-order valence-electron chi connectivity index (χ2n) is 2.09. The molecule has 0 fully saturated rings. The Morgan fingerprint density at radius 1 is 1.62 bits per heavy atom. The molecule has 0 saturated carbocycles. The standard InChI is InChI=1S/C5H8N4O3S/c10-2-1-9-5(6-7-8-9)13-3-4(11)12/h10H,1-3H2,(H,11,12). The summed E-state index contributed by atoms with van der Waals surface area (Å²) in [4.78, 5) is 10.2. The first-order valence-electron chi connectivity index (χ1n) is 3.45. The van der Waals surface area contributed by atoms with E-state index in [1.807, 2.05) is 0 Å². The van der Waals surface area contributed by atoms with Gasteiger partial charge in [-0.05, 0) is 10.4 Å². The van der Waals surface area contributed by atoms with Crippen LogP contribution in [0.5, 0.6) is 0 Å². The van der Waals surface area contributed by atoms with Crippen molar-refractivity contribution in [2.24, 2.45) is 0 Å². The van der Waals surface area contributed by atoms with Crippen LogP contribution in [-0.2, 0) is 11.3 Å². The summed E-state index contributed by atoms with van der Waals surface area (Å²) < 4.78 is 1.35. The van der Waals surface area contributed by atoms with Gasteiger partial charge in [0, 0.05) is 0 Å². The lowest BCUT2D eigenvalue weighted by Crippen LogP contribution is -2.07. The highest BCUT2D eigenvalue weighted by atomic mass is 32.2. The van der Waals surface area contributed by atoms with Gasteiger partial charge in [0.2, 0.25) is 5.16 Å². The van der Waals surface area contributed by atoms with Crippen LogP contribution in [0.3, 0.4) is 0 Å². The number of carbonyl (C=O) groups is 1. The van der Waals surface area contributed by atoms with E-state index in [0.717, 1.165) is 11.8 Å². The van der Waals surface area contributed by atoms with Crippen molar-refractivity contribution in [3.05, 3.63) is 0 Å². The second kappa shape index (κ2) is 4.77. The van der Waals surface area contributed by atoms with Crippen molar-refractivity contribution in [2.75, 3.05) is 12.4 Å². The van der Waals surface area contributed by atoms with E-state index in [2.05, 4.69) is 15.5 Å². The average molecular weight is 204 g/mol. The number of tetrazole rings is 1. The molecule has 0 saturated heterocycles. The Labute approximate surface area is 77.7 Å². The first-order chi connectivity index (χ1) is 6.24. The second-order valence-corrected chi connectivity index (χ2v) is 3.03. The zero-order valence-corrected chi connectivity index (χ0v) is 7.44. The predicted octanol–water partition coefficient (Wildman–Crippen LogP) is -1.16. The minimum absolute atomic E-state index is 0.0777. The number of nitrogens with zero attached hydrogens (tertiary/aromatic N) is 4. The molecule has 72 valence electrons. The van der Waals surface area contributed by atoms with Crippen LogP contribution in [0.1, 0.15) is 0 Å². The molecule has 0 aromatic carbocycles. The van der Waals surface area contributed by atoms with E-state index in [4.69, 9.17) is 10.2 Å². The van der Waals surface area contributed by atoms with Gasteiger partial charge in [-0.25, -0.2) is 4.68 Å². The van der Waals surface area contributed by atoms with E-state index in [1.54, 1.807) is 0 Å². The van der Waals surface area contributed by atoms with Gasteiger partial charge in [-0.1, -0.05) is 11.8 Å². The molecule has 0 unspecified atom stereocenters. The first-order valence-corrected chi connectivity index (χ1v) is 4.44. The molecular formula is C5H8N4O3S. The molecule has 8 heteroatoms. The van der Waals surface area contributed by atoms with Crippen LogP contribution in [0.25, 0.3) is 0 Å². The Kier molecular flexibility index (Phi) is 3.65. The summed E-state index contributed by atoms with van der Waals surface area (Å²) in [5, 5.41) is 27.9. The maximum Gasteiger partial charge on any atom is 0.313 e. The van der Waals surface area contributed by atoms with Crippen LogP contribution in [0.2, 0.25) is 0 Å². The first kappa shape index (κ1) is 9.93. The number of carboxylic acid groups (broad SMARTS) is 1. The molecule has 0 radical (unpaired) electrons. The number of aliphatic hydroxyl groups is 1. The summed E-state index contributed by atoms with van der Waals surface area (Å²) in [6.45, 7) is 0.195. The molecule has 0 spiro atoms. The molecule has 0 atom stereocenters. The Bertz CT molecular complexity index is 289. The van der Waals surface area contributed by atoms with E-state index < -0.39 is 5.97 Å². The zero-order valence-electron chi connectivity index (χ0n) is 6.62. The van der Waals surface area contributed by atoms with Gasteiger partial charge < -0.3 is 10.2 Å². The molecule has 0 amide bonds. The smallest absolute Gasteiger partial charge is 0.313 e. The molecule has 13 heavy (non-hydrogen) atoms. The van der Waals surface area contributed by atoms with E-state index in [9.17, 15) is 4.79 Å². The number of aliphatic hydroxyl groups excluding tert-OH is 1. The fourth-order valence-electron chi connectivity index (χ4n) is 0.661. The molecule has 0 aliphatic rings. The summed E-state index contributed by atoms with van der Waals surface area (Å²) in [6.07, 6.45) is 0. The van der Waals surface area contributed by atoms with E-state index in [-0.39, 0.29) is 18.9 Å². The lowest BCUT2D eigenvalue weighted by Gasteiger charge is -1.98. The van der Waals surface area contributed by atoms with E-state index in [1.165, 1.54) is 4.68 Å². The lowest BCUT2D eigenvalue weighted by molar-refractivity contribution is -0.133. The van der Waals surface area contributed by atoms with Crippen molar-refractivity contribution in [2.45, 2.75) is 11.7 Å². The number of thioether (sulfide) groups is 1. The van der Waals surface area contributed by atoms with Gasteiger partial charge in [-0.3, -0.25) is 4.79 Å². The summed E-state index contributed by atoms with van der Waals surface area (Å²) in [5.41, 5.74) is 0. The van der Waals surface area contributed by atoms with Gasteiger partial charge in [-0.2, -0.15) is 0 Å². The van der Waals surface area contributed by atoms with Gasteiger partial charge in [0.25, 0.3) is 0 Å². The van der Waals surface area contributed by atoms with Crippen LogP contribution in [0.4, 0.5) is 0 Å². The summed E-state index contributed by atoms with van der Waals surface area (Å²) >= 11 is 1.02. The largest absolute Gasteiger partial charge is 0.481 e. The van der Waals surface area contributed by atoms with Gasteiger partial charge in [0.05, 0.1) is 18.9 Å². The van der Waals surface area contributed by atoms with Crippen LogP contribution >= 0.6 is 11.8 Å². The lowest BCUT2D eigenvalue weighted by atomic mass is 10.7. The topological polar surface area (TPSA) is 101 Å². The maximum absolute atomic E-state index is 10.2. The Morgan fingerprint density at radius 3 is 3.00 bits per heavy atom. The molecule has 0 bridgehead atoms. The van der Waals surface area contributed by atoms with E-state index in [0.29, 0.717) is 5.16 Å². The highest BCUT2D eigenvalue weighted by Crippen LogP contribution is 2.12. The number of carboxylic acids is 1. The SMILES string of the molecule is O=C(O)CSc1nnnn1CCO. The molecule has 2 N–H and O–H groups in total. The van der Waals surface area contributed by atoms with Crippen LogP contribution in [0.15, 0.2) is 5.16 Å². The molecule has 7 nitrogen and oxygen atoms in total. The Morgan fingerprint density at radius 2 is 2.38 bits per heavy atom. The number of rotatable bonds is 5. The number of hydrogen-bond acceptors (Lipinski definition) is 6. The van der Waals surface area contributed by atoms with Crippen molar-refractivity contribution in [3.8, 4) is 0 Å². The average Bonchev–Trinajstić information content (AvgIpc) is 2.49. The van der Waals surface area contributed by atoms with Crippen LogP contribution in [0, 0.1) is 0 Å². The van der Waals surface area contributed by atoms with Gasteiger partial charge in [-0.15, -0.1) is 5.10 Å². The summed E-state index contributed by atoms with van der Waals surface area (Å²) in [6, 6.07) is 0. The Balaban J connectivity index is 2.54. The van der Waals surface area contributed by atoms with Crippen molar-refractivity contribution in [3.63, 3.8) is 0 Å². The van der Waals surface area contributed by atoms with Crippen LogP contribution < -0.4 is 0 Å². The molecule has 0 aliphatic carbocycles. The third-order valence-electron chi connectivity index (χ3n) is 1.14. The minimum Gasteiger partial charge on any atom is -0.481 e. The number of hydrogen-bond donors (Lipinski definition) is 2. The van der Waals surface area contributed by atoms with Gasteiger partial charge in [0.1, 0.15) is 0 Å². The summed E-state index contributed by atoms with van der Waals surface area (Å²) in [7, 11) is 0. The number of aliphatic carboxylic acids is 1. The molecule has 0 aliphatic heterocycles. The predicted molar refractivity (Wildman–Crippen MR) is 43.3 cm³/mol. The summed E-state index contributed by atoms with van der Waals surface area (Å²) in [5.74, 6) is -1.02. The van der Waals surface area contributed by atoms with Crippen molar-refractivity contribution < 1.29 is 15.0 Å². The quantitative estimate of drug-likeness (QED) is 0.583.